The van der Waals surface area contributed by atoms with Gasteiger partial charge in [-0.3, -0.25) is 4.79 Å². The molecule has 8 atom stereocenters. The molecule has 0 unspecified atom stereocenters. The molecule has 0 heterocycles. The number of hydrogen-bond acceptors (Lipinski definition) is 3. The maximum atomic E-state index is 14.1. The molecule has 0 aliphatic heterocycles. The number of carbonyl (C=O) groups excluding carboxylic acids is 1. The highest BCUT2D eigenvalue weighted by molar-refractivity contribution is 5.78. The van der Waals surface area contributed by atoms with Crippen molar-refractivity contribution in [1.29, 1.82) is 0 Å². The number of fused-ring (bicyclic) bond motifs is 7. The Morgan fingerprint density at radius 3 is 2.26 bits per heavy atom. The molecule has 0 spiro atoms. The molecule has 4 fully saturated rings. The third-order valence-corrected chi connectivity index (χ3v) is 14.0. The van der Waals surface area contributed by atoms with Gasteiger partial charge in [-0.15, -0.1) is 0 Å². The second kappa shape index (κ2) is 9.06. The van der Waals surface area contributed by atoms with Crippen LogP contribution in [0.15, 0.2) is 11.6 Å². The van der Waals surface area contributed by atoms with E-state index in [4.69, 9.17) is 4.74 Å². The Morgan fingerprint density at radius 2 is 1.59 bits per heavy atom. The van der Waals surface area contributed by atoms with Gasteiger partial charge in [0.1, 0.15) is 13.2 Å². The molecule has 1 N–H and O–H groups in total. The molecule has 0 bridgehead atoms. The molecule has 0 amide bonds. The normalized spacial score (nSPS) is 46.6. The fourth-order valence-corrected chi connectivity index (χ4v) is 11.2. The van der Waals surface area contributed by atoms with Crippen LogP contribution in [-0.2, 0) is 9.53 Å². The zero-order valence-corrected chi connectivity index (χ0v) is 27.1. The highest BCUT2D eigenvalue weighted by Gasteiger charge is 2.69. The number of esters is 1. The summed E-state index contributed by atoms with van der Waals surface area (Å²) in [5.74, 6) is 1.58. The van der Waals surface area contributed by atoms with Crippen LogP contribution in [0.4, 0.5) is 0 Å². The minimum Gasteiger partial charge on any atom is -0.459 e. The minimum atomic E-state index is -0.354. The molecular formula is C35H60NO3+. The number of hydrogen-bond donors (Lipinski definition) is 1. The summed E-state index contributed by atoms with van der Waals surface area (Å²) in [5.41, 5.74) is 2.08. The first-order valence-electron chi connectivity index (χ1n) is 16.2. The predicted molar refractivity (Wildman–Crippen MR) is 159 cm³/mol. The summed E-state index contributed by atoms with van der Waals surface area (Å²) in [6.45, 7) is 18.7. The Hall–Kier alpha value is -0.870. The van der Waals surface area contributed by atoms with Crippen LogP contribution in [0.25, 0.3) is 0 Å². The van der Waals surface area contributed by atoms with Gasteiger partial charge in [0.15, 0.2) is 0 Å². The fourth-order valence-electron chi connectivity index (χ4n) is 11.2. The van der Waals surface area contributed by atoms with Gasteiger partial charge < -0.3 is 14.3 Å². The van der Waals surface area contributed by atoms with Gasteiger partial charge in [0.2, 0.25) is 0 Å². The summed E-state index contributed by atoms with van der Waals surface area (Å²) < 4.78 is 6.96. The minimum absolute atomic E-state index is 0.0239. The van der Waals surface area contributed by atoms with Crippen LogP contribution in [0.2, 0.25) is 0 Å². The highest BCUT2D eigenvalue weighted by atomic mass is 16.5. The summed E-state index contributed by atoms with van der Waals surface area (Å²) in [6.07, 6.45) is 13.3. The lowest BCUT2D eigenvalue weighted by Gasteiger charge is -2.71. The maximum Gasteiger partial charge on any atom is 0.312 e. The molecule has 4 saturated carbocycles. The summed E-state index contributed by atoms with van der Waals surface area (Å²) in [4.78, 5) is 14.1. The summed E-state index contributed by atoms with van der Waals surface area (Å²) in [6, 6.07) is 0. The van der Waals surface area contributed by atoms with E-state index >= 15 is 0 Å². The number of quaternary nitrogens is 1. The molecule has 0 saturated heterocycles. The Labute approximate surface area is 239 Å². The molecular weight excluding hydrogens is 482 g/mol. The number of ether oxygens (including phenoxy) is 1. The van der Waals surface area contributed by atoms with Gasteiger partial charge in [-0.25, -0.2) is 0 Å². The van der Waals surface area contributed by atoms with Crippen molar-refractivity contribution in [3.05, 3.63) is 11.6 Å². The molecule has 39 heavy (non-hydrogen) atoms. The van der Waals surface area contributed by atoms with Crippen molar-refractivity contribution in [2.24, 2.45) is 50.2 Å². The molecule has 5 aliphatic rings. The zero-order valence-electron chi connectivity index (χ0n) is 27.1. The summed E-state index contributed by atoms with van der Waals surface area (Å²) >= 11 is 0. The number of allylic oxidation sites excluding steroid dienone is 2. The van der Waals surface area contributed by atoms with Crippen molar-refractivity contribution in [3.8, 4) is 0 Å². The average molecular weight is 543 g/mol. The van der Waals surface area contributed by atoms with E-state index in [1.165, 1.54) is 12.8 Å². The van der Waals surface area contributed by atoms with E-state index in [0.29, 0.717) is 24.4 Å². The molecule has 4 heteroatoms. The van der Waals surface area contributed by atoms with Crippen LogP contribution in [0.3, 0.4) is 0 Å². The van der Waals surface area contributed by atoms with Crippen LogP contribution in [0.5, 0.6) is 0 Å². The van der Waals surface area contributed by atoms with Crippen molar-refractivity contribution in [2.75, 3.05) is 34.3 Å². The summed E-state index contributed by atoms with van der Waals surface area (Å²) in [7, 11) is 6.49. The van der Waals surface area contributed by atoms with Crippen LogP contribution in [-0.4, -0.2) is 56.0 Å². The lowest BCUT2D eigenvalue weighted by Crippen LogP contribution is -2.65. The average Bonchev–Trinajstić information content (AvgIpc) is 2.81. The maximum absolute atomic E-state index is 14.1. The van der Waals surface area contributed by atoms with Crippen molar-refractivity contribution in [1.82, 2.24) is 0 Å². The van der Waals surface area contributed by atoms with Crippen LogP contribution in [0.1, 0.15) is 113 Å². The molecule has 4 nitrogen and oxygen atoms in total. The molecule has 0 radical (unpaired) electrons. The van der Waals surface area contributed by atoms with Gasteiger partial charge in [-0.1, -0.05) is 60.1 Å². The number of nitrogens with zero attached hydrogens (tertiary/aromatic N) is 1. The number of rotatable bonds is 4. The summed E-state index contributed by atoms with van der Waals surface area (Å²) in [5, 5.41) is 11.0. The van der Waals surface area contributed by atoms with Gasteiger partial charge in [0.05, 0.1) is 32.7 Å². The van der Waals surface area contributed by atoms with Gasteiger partial charge in [-0.05, 0) is 109 Å². The molecule has 5 aliphatic carbocycles. The second-order valence-electron chi connectivity index (χ2n) is 17.9. The third kappa shape index (κ3) is 4.31. The Morgan fingerprint density at radius 1 is 0.923 bits per heavy atom. The lowest BCUT2D eigenvalue weighted by atomic mass is 9.33. The highest BCUT2D eigenvalue weighted by Crippen LogP contribution is 2.75. The van der Waals surface area contributed by atoms with Gasteiger partial charge in [0, 0.05) is 0 Å². The van der Waals surface area contributed by atoms with Crippen LogP contribution >= 0.6 is 0 Å². The standard InChI is InChI=1S/C35H60NO3/c1-30(2)17-19-35(29(38)39-22-21-36(8,9)10)20-18-33(6)24(25(35)23-30)11-12-27-32(5)15-14-28(37)31(3,4)26(32)13-16-34(27,33)7/h11,25-28,37H,12-23H2,1-10H3/q+1/t25-,26-,27+,28-,32-,33+,34+,35-/m0/s1. The Kier molecular flexibility index (Phi) is 6.88. The zero-order chi connectivity index (χ0) is 28.9. The van der Waals surface area contributed by atoms with Crippen molar-refractivity contribution < 1.29 is 19.1 Å². The molecule has 0 aromatic rings. The van der Waals surface area contributed by atoms with Crippen LogP contribution in [0, 0.1) is 50.2 Å². The monoisotopic (exact) mass is 542 g/mol. The van der Waals surface area contributed by atoms with Gasteiger partial charge in [-0.2, -0.15) is 0 Å². The molecule has 0 aromatic carbocycles. The van der Waals surface area contributed by atoms with Crippen molar-refractivity contribution in [2.45, 2.75) is 119 Å². The Bertz CT molecular complexity index is 1020. The van der Waals surface area contributed by atoms with E-state index in [-0.39, 0.29) is 44.6 Å². The smallest absolute Gasteiger partial charge is 0.312 e. The van der Waals surface area contributed by atoms with E-state index in [0.717, 1.165) is 62.4 Å². The van der Waals surface area contributed by atoms with E-state index < -0.39 is 0 Å². The number of aliphatic hydroxyl groups is 1. The van der Waals surface area contributed by atoms with Crippen molar-refractivity contribution >= 4 is 5.97 Å². The third-order valence-electron chi connectivity index (χ3n) is 14.0. The van der Waals surface area contributed by atoms with Gasteiger partial charge >= 0.3 is 5.97 Å². The lowest BCUT2D eigenvalue weighted by molar-refractivity contribution is -0.870. The first-order valence-corrected chi connectivity index (χ1v) is 16.2. The predicted octanol–water partition coefficient (Wildman–Crippen LogP) is 7.40. The van der Waals surface area contributed by atoms with E-state index in [9.17, 15) is 9.90 Å². The Balaban J connectivity index is 1.51. The number of carbonyl (C=O) groups is 1. The van der Waals surface area contributed by atoms with E-state index in [2.05, 4.69) is 75.7 Å². The topological polar surface area (TPSA) is 46.5 Å². The van der Waals surface area contributed by atoms with Crippen molar-refractivity contribution in [3.63, 3.8) is 0 Å². The number of likely N-dealkylation sites (N-methyl/N-ethyl adjacent to an activating group) is 1. The van der Waals surface area contributed by atoms with E-state index in [1.807, 2.05) is 0 Å². The molecule has 5 rings (SSSR count). The van der Waals surface area contributed by atoms with Gasteiger partial charge in [0.25, 0.3) is 0 Å². The van der Waals surface area contributed by atoms with E-state index in [1.54, 1.807) is 5.57 Å². The SMILES string of the molecule is CC1(C)CC[C@]2(C(=O)OCC[N+](C)(C)C)CC[C@]3(C)C(=CC[C@@H]4[C@@]5(C)CC[C@H](O)C(C)(C)[C@@H]5CC[C@]43C)[C@@H]2C1. The second-order valence-corrected chi connectivity index (χ2v) is 17.9. The van der Waals surface area contributed by atoms with Crippen LogP contribution < -0.4 is 0 Å². The molecule has 0 aromatic heterocycles. The first kappa shape index (κ1) is 29.6. The fraction of sp³-hybridized carbons (Fsp3) is 0.914. The first-order chi connectivity index (χ1) is 17.8. The molecule has 222 valence electrons. The number of aliphatic hydroxyl groups excluding tert-OH is 1. The quantitative estimate of drug-likeness (QED) is 0.229. The largest absolute Gasteiger partial charge is 0.459 e.